The Morgan fingerprint density at radius 3 is 2.13 bits per heavy atom. The number of fused-ring (bicyclic) bond motifs is 2. The van der Waals surface area contributed by atoms with Crippen molar-refractivity contribution in [2.24, 2.45) is 0 Å². The lowest BCUT2D eigenvalue weighted by Crippen LogP contribution is -2.35. The number of carbonyl (C=O) groups excluding carboxylic acids is 1. The smallest absolute Gasteiger partial charge is 0.258 e. The molecule has 0 saturated heterocycles. The van der Waals surface area contributed by atoms with E-state index in [-0.39, 0.29) is 5.91 Å². The molecular weight excluding hydrogens is 394 g/mol. The van der Waals surface area contributed by atoms with Crippen LogP contribution in [0, 0.1) is 6.92 Å². The molecule has 1 aliphatic heterocycles. The first kappa shape index (κ1) is 18.6. The van der Waals surface area contributed by atoms with Crippen LogP contribution in [0.15, 0.2) is 82.6 Å². The molecule has 0 spiro atoms. The maximum Gasteiger partial charge on any atom is 0.258 e. The number of hydrogen-bond donors (Lipinski definition) is 0. The summed E-state index contributed by atoms with van der Waals surface area (Å²) in [5.41, 5.74) is 3.78. The Morgan fingerprint density at radius 2 is 1.50 bits per heavy atom. The molecule has 3 aromatic carbocycles. The van der Waals surface area contributed by atoms with Crippen molar-refractivity contribution in [3.05, 3.63) is 78.4 Å². The third-order valence-electron chi connectivity index (χ3n) is 5.09. The predicted molar refractivity (Wildman–Crippen MR) is 117 cm³/mol. The third-order valence-corrected chi connectivity index (χ3v) is 6.22. The third kappa shape index (κ3) is 3.17. The number of aromatic nitrogens is 4. The fourth-order valence-corrected chi connectivity index (χ4v) is 4.49. The molecule has 0 radical (unpaired) electrons. The predicted octanol–water partition coefficient (Wildman–Crippen LogP) is 5.04. The average molecular weight is 414 g/mol. The number of aryl methyl sites for hydroxylation is 1. The van der Waals surface area contributed by atoms with E-state index >= 15 is 0 Å². The number of benzene rings is 3. The first-order valence-corrected chi connectivity index (χ1v) is 10.5. The van der Waals surface area contributed by atoms with Gasteiger partial charge >= 0.3 is 0 Å². The van der Waals surface area contributed by atoms with Gasteiger partial charge in [-0.2, -0.15) is 4.80 Å². The van der Waals surface area contributed by atoms with Crippen molar-refractivity contribution in [1.82, 2.24) is 20.2 Å². The quantitative estimate of drug-likeness (QED) is 0.471. The molecule has 148 valence electrons. The minimum atomic E-state index is -0.610. The highest BCUT2D eigenvalue weighted by molar-refractivity contribution is 7.99. The highest BCUT2D eigenvalue weighted by Gasteiger charge is 2.32. The minimum Gasteiger partial charge on any atom is -0.277 e. The SMILES string of the molecule is Cc1ccc(-c2nnn([C@@H](C)C(=O)N3c4ccccc4Sc4ccccc43)n2)cc1. The summed E-state index contributed by atoms with van der Waals surface area (Å²) in [6.45, 7) is 3.83. The van der Waals surface area contributed by atoms with Gasteiger partial charge in [-0.15, -0.1) is 10.2 Å². The van der Waals surface area contributed by atoms with Crippen LogP contribution in [-0.2, 0) is 4.79 Å². The second-order valence-electron chi connectivity index (χ2n) is 7.19. The Bertz CT molecular complexity index is 1190. The summed E-state index contributed by atoms with van der Waals surface area (Å²) in [5.74, 6) is 0.396. The molecule has 1 amide bonds. The Morgan fingerprint density at radius 1 is 0.900 bits per heavy atom. The largest absolute Gasteiger partial charge is 0.277 e. The molecular formula is C23H19N5OS. The van der Waals surface area contributed by atoms with Crippen LogP contribution in [0.3, 0.4) is 0 Å². The van der Waals surface area contributed by atoms with Gasteiger partial charge in [0.25, 0.3) is 5.91 Å². The maximum atomic E-state index is 13.6. The van der Waals surface area contributed by atoms with Crippen molar-refractivity contribution >= 4 is 29.0 Å². The Kier molecular flexibility index (Phi) is 4.59. The van der Waals surface area contributed by atoms with E-state index in [1.54, 1.807) is 23.6 Å². The van der Waals surface area contributed by atoms with Crippen LogP contribution in [0.2, 0.25) is 0 Å². The van der Waals surface area contributed by atoms with Gasteiger partial charge in [0.2, 0.25) is 5.82 Å². The van der Waals surface area contributed by atoms with E-state index in [2.05, 4.69) is 15.4 Å². The van der Waals surface area contributed by atoms with Crippen LogP contribution >= 0.6 is 11.8 Å². The van der Waals surface area contributed by atoms with Crippen LogP contribution in [0.25, 0.3) is 11.4 Å². The van der Waals surface area contributed by atoms with Gasteiger partial charge in [0.1, 0.15) is 6.04 Å². The van der Waals surface area contributed by atoms with Gasteiger partial charge in [0.15, 0.2) is 0 Å². The van der Waals surface area contributed by atoms with Crippen molar-refractivity contribution in [3.63, 3.8) is 0 Å². The normalized spacial score (nSPS) is 13.5. The molecule has 0 bridgehead atoms. The highest BCUT2D eigenvalue weighted by atomic mass is 32.2. The molecule has 0 saturated carbocycles. The van der Waals surface area contributed by atoms with E-state index in [0.717, 1.165) is 32.3 Å². The summed E-state index contributed by atoms with van der Waals surface area (Å²) in [6.07, 6.45) is 0. The van der Waals surface area contributed by atoms with E-state index in [9.17, 15) is 4.79 Å². The number of amides is 1. The molecule has 6 nitrogen and oxygen atoms in total. The molecule has 0 aliphatic carbocycles. The van der Waals surface area contributed by atoms with Crippen molar-refractivity contribution in [2.75, 3.05) is 4.90 Å². The minimum absolute atomic E-state index is 0.108. The summed E-state index contributed by atoms with van der Waals surface area (Å²) in [5, 5.41) is 12.8. The molecule has 0 unspecified atom stereocenters. The number of anilines is 2. The number of rotatable bonds is 3. The first-order chi connectivity index (χ1) is 14.6. The number of nitrogens with zero attached hydrogens (tertiary/aromatic N) is 5. The van der Waals surface area contributed by atoms with Gasteiger partial charge in [0.05, 0.1) is 11.4 Å². The van der Waals surface area contributed by atoms with Crippen molar-refractivity contribution in [1.29, 1.82) is 0 Å². The lowest BCUT2D eigenvalue weighted by Gasteiger charge is -2.32. The molecule has 7 heteroatoms. The summed E-state index contributed by atoms with van der Waals surface area (Å²) in [6, 6.07) is 23.2. The number of carbonyl (C=O) groups is 1. The fraction of sp³-hybridized carbons (Fsp3) is 0.130. The Balaban J connectivity index is 1.50. The molecule has 2 heterocycles. The second-order valence-corrected chi connectivity index (χ2v) is 8.27. The Hall–Kier alpha value is -3.45. The fourth-order valence-electron chi connectivity index (χ4n) is 3.44. The number of hydrogen-bond acceptors (Lipinski definition) is 5. The van der Waals surface area contributed by atoms with Gasteiger partial charge in [0, 0.05) is 15.4 Å². The maximum absolute atomic E-state index is 13.6. The second kappa shape index (κ2) is 7.42. The van der Waals surface area contributed by atoms with E-state index < -0.39 is 6.04 Å². The van der Waals surface area contributed by atoms with Crippen LogP contribution in [0.1, 0.15) is 18.5 Å². The molecule has 1 aromatic heterocycles. The molecule has 0 N–H and O–H groups in total. The zero-order chi connectivity index (χ0) is 20.7. The molecule has 0 fully saturated rings. The highest BCUT2D eigenvalue weighted by Crippen LogP contribution is 2.48. The van der Waals surface area contributed by atoms with E-state index in [0.29, 0.717) is 5.82 Å². The van der Waals surface area contributed by atoms with E-state index in [1.165, 1.54) is 4.80 Å². The van der Waals surface area contributed by atoms with Gasteiger partial charge in [-0.3, -0.25) is 9.69 Å². The van der Waals surface area contributed by atoms with Crippen molar-refractivity contribution in [3.8, 4) is 11.4 Å². The summed E-state index contributed by atoms with van der Waals surface area (Å²) in [4.78, 5) is 18.9. The Labute approximate surface area is 178 Å². The van der Waals surface area contributed by atoms with E-state index in [4.69, 9.17) is 0 Å². The van der Waals surface area contributed by atoms with E-state index in [1.807, 2.05) is 79.7 Å². The van der Waals surface area contributed by atoms with Gasteiger partial charge < -0.3 is 0 Å². The van der Waals surface area contributed by atoms with Crippen LogP contribution in [0.4, 0.5) is 11.4 Å². The molecule has 1 atom stereocenters. The lowest BCUT2D eigenvalue weighted by atomic mass is 10.1. The lowest BCUT2D eigenvalue weighted by molar-refractivity contribution is -0.121. The molecule has 30 heavy (non-hydrogen) atoms. The summed E-state index contributed by atoms with van der Waals surface area (Å²) < 4.78 is 0. The standard InChI is InChI=1S/C23H19N5OS/c1-15-11-13-17(14-12-15)22-24-26-28(25-22)16(2)23(29)27-18-7-3-5-9-20(18)30-21-10-6-4-8-19(21)27/h3-14,16H,1-2H3/t16-/m0/s1. The zero-order valence-corrected chi connectivity index (χ0v) is 17.4. The van der Waals surface area contributed by atoms with Gasteiger partial charge in [-0.25, -0.2) is 0 Å². The summed E-state index contributed by atoms with van der Waals surface area (Å²) in [7, 11) is 0. The number of tetrazole rings is 1. The van der Waals surface area contributed by atoms with Crippen molar-refractivity contribution in [2.45, 2.75) is 29.7 Å². The molecule has 5 rings (SSSR count). The molecule has 1 aliphatic rings. The molecule has 4 aromatic rings. The summed E-state index contributed by atoms with van der Waals surface area (Å²) >= 11 is 1.67. The van der Waals surface area contributed by atoms with Gasteiger partial charge in [-0.05, 0) is 43.3 Å². The average Bonchev–Trinajstić information content (AvgIpc) is 3.27. The van der Waals surface area contributed by atoms with Crippen molar-refractivity contribution < 1.29 is 4.79 Å². The van der Waals surface area contributed by atoms with Crippen LogP contribution in [-0.4, -0.2) is 26.1 Å². The first-order valence-electron chi connectivity index (χ1n) is 9.68. The van der Waals surface area contributed by atoms with Gasteiger partial charge in [-0.1, -0.05) is 65.9 Å². The van der Waals surface area contributed by atoms with Crippen LogP contribution in [0.5, 0.6) is 0 Å². The zero-order valence-electron chi connectivity index (χ0n) is 16.6. The monoisotopic (exact) mass is 413 g/mol. The van der Waals surface area contributed by atoms with Crippen LogP contribution < -0.4 is 4.90 Å². The number of para-hydroxylation sites is 2. The topological polar surface area (TPSA) is 63.9 Å².